The number of carbonyl (C=O) groups excluding carboxylic acids is 2. The molecule has 1 atom stereocenters. The molecule has 6 nitrogen and oxygen atoms in total. The number of ether oxygens (including phenoxy) is 2. The lowest BCUT2D eigenvalue weighted by atomic mass is 9.98. The van der Waals surface area contributed by atoms with Gasteiger partial charge in [-0.25, -0.2) is 0 Å². The highest BCUT2D eigenvalue weighted by atomic mass is 16.5. The zero-order valence-electron chi connectivity index (χ0n) is 17.5. The van der Waals surface area contributed by atoms with Gasteiger partial charge in [-0.2, -0.15) is 0 Å². The number of hydrogen-bond acceptors (Lipinski definition) is 4. The Hall–Kier alpha value is -3.02. The summed E-state index contributed by atoms with van der Waals surface area (Å²) in [5.74, 6) is 1.59. The molecule has 6 heteroatoms. The van der Waals surface area contributed by atoms with Gasteiger partial charge in [-0.1, -0.05) is 6.07 Å². The second-order valence-corrected chi connectivity index (χ2v) is 8.07. The number of nitrogens with zero attached hydrogens (tertiary/aromatic N) is 1. The van der Waals surface area contributed by atoms with Crippen molar-refractivity contribution in [3.63, 3.8) is 0 Å². The van der Waals surface area contributed by atoms with Crippen LogP contribution in [-0.4, -0.2) is 31.6 Å². The van der Waals surface area contributed by atoms with E-state index < -0.39 is 0 Å². The predicted molar refractivity (Wildman–Crippen MR) is 116 cm³/mol. The van der Waals surface area contributed by atoms with Gasteiger partial charge in [0.05, 0.1) is 13.2 Å². The summed E-state index contributed by atoms with van der Waals surface area (Å²) < 4.78 is 11.7. The molecule has 1 saturated heterocycles. The first kappa shape index (κ1) is 20.3. The third kappa shape index (κ3) is 4.42. The summed E-state index contributed by atoms with van der Waals surface area (Å²) in [5.41, 5.74) is 2.65. The van der Waals surface area contributed by atoms with E-state index in [1.165, 1.54) is 19.8 Å². The van der Waals surface area contributed by atoms with E-state index in [2.05, 4.69) is 5.32 Å². The van der Waals surface area contributed by atoms with Gasteiger partial charge in [0, 0.05) is 37.2 Å². The van der Waals surface area contributed by atoms with Crippen molar-refractivity contribution in [2.75, 3.05) is 23.9 Å². The number of hydrogen-bond donors (Lipinski definition) is 1. The fraction of sp³-hybridized carbons (Fsp3) is 0.417. The molecule has 0 radical (unpaired) electrons. The molecule has 2 aliphatic rings. The molecule has 0 spiro atoms. The zero-order valence-corrected chi connectivity index (χ0v) is 17.5. The maximum absolute atomic E-state index is 12.7. The molecule has 30 heavy (non-hydrogen) atoms. The van der Waals surface area contributed by atoms with Gasteiger partial charge in [0.15, 0.2) is 11.5 Å². The molecule has 1 aliphatic carbocycles. The summed E-state index contributed by atoms with van der Waals surface area (Å²) in [6.45, 7) is 2.09. The summed E-state index contributed by atoms with van der Waals surface area (Å²) in [5, 5.41) is 2.75. The van der Waals surface area contributed by atoms with Crippen molar-refractivity contribution < 1.29 is 19.1 Å². The maximum Gasteiger partial charge on any atom is 0.227 e. The number of methoxy groups -OCH3 is 1. The van der Waals surface area contributed by atoms with Crippen LogP contribution < -0.4 is 19.7 Å². The highest BCUT2D eigenvalue weighted by Gasteiger charge is 2.32. The molecule has 1 aliphatic heterocycles. The minimum absolute atomic E-state index is 0.0985. The van der Waals surface area contributed by atoms with E-state index >= 15 is 0 Å². The zero-order chi connectivity index (χ0) is 21.1. The Morgan fingerprint density at radius 3 is 2.47 bits per heavy atom. The number of anilines is 2. The normalized spacial score (nSPS) is 19.2. The summed E-state index contributed by atoms with van der Waals surface area (Å²) in [6, 6.07) is 13.4. The van der Waals surface area contributed by atoms with Crippen LogP contribution in [0.1, 0.15) is 50.5 Å². The molecule has 1 saturated carbocycles. The summed E-state index contributed by atoms with van der Waals surface area (Å²) in [4.78, 5) is 25.7. The fourth-order valence-electron chi connectivity index (χ4n) is 4.33. The molecule has 1 heterocycles. The van der Waals surface area contributed by atoms with Crippen molar-refractivity contribution in [2.24, 2.45) is 0 Å². The van der Waals surface area contributed by atoms with E-state index in [1.807, 2.05) is 47.4 Å². The van der Waals surface area contributed by atoms with Crippen LogP contribution in [0.2, 0.25) is 0 Å². The average Bonchev–Trinajstić information content (AvgIpc) is 3.38. The molecule has 2 aromatic rings. The Bertz CT molecular complexity index is 919. The van der Waals surface area contributed by atoms with Crippen molar-refractivity contribution in [3.8, 4) is 11.5 Å². The van der Waals surface area contributed by atoms with Crippen LogP contribution in [0.25, 0.3) is 0 Å². The predicted octanol–water partition coefficient (Wildman–Crippen LogP) is 4.50. The monoisotopic (exact) mass is 408 g/mol. The van der Waals surface area contributed by atoms with Gasteiger partial charge in [-0.05, 0) is 67.6 Å². The minimum Gasteiger partial charge on any atom is -0.493 e. The molecule has 1 N–H and O–H groups in total. The third-order valence-electron chi connectivity index (χ3n) is 5.88. The molecule has 2 fully saturated rings. The van der Waals surface area contributed by atoms with Crippen LogP contribution >= 0.6 is 0 Å². The summed E-state index contributed by atoms with van der Waals surface area (Å²) in [7, 11) is 1.65. The lowest BCUT2D eigenvalue weighted by molar-refractivity contribution is -0.117. The number of amides is 2. The lowest BCUT2D eigenvalue weighted by Gasteiger charge is -2.19. The minimum atomic E-state index is -0.116. The van der Waals surface area contributed by atoms with Crippen LogP contribution in [0.4, 0.5) is 11.4 Å². The van der Waals surface area contributed by atoms with Crippen molar-refractivity contribution in [1.29, 1.82) is 0 Å². The maximum atomic E-state index is 12.7. The largest absolute Gasteiger partial charge is 0.493 e. The summed E-state index contributed by atoms with van der Waals surface area (Å²) >= 11 is 0. The average molecular weight is 408 g/mol. The van der Waals surface area contributed by atoms with Crippen molar-refractivity contribution >= 4 is 23.2 Å². The van der Waals surface area contributed by atoms with E-state index in [4.69, 9.17) is 9.47 Å². The van der Waals surface area contributed by atoms with E-state index in [0.717, 1.165) is 41.3 Å². The first-order valence-electron chi connectivity index (χ1n) is 10.6. The fourth-order valence-corrected chi connectivity index (χ4v) is 4.33. The first-order valence-corrected chi connectivity index (χ1v) is 10.6. The second-order valence-electron chi connectivity index (χ2n) is 8.07. The van der Waals surface area contributed by atoms with Crippen LogP contribution in [-0.2, 0) is 9.59 Å². The van der Waals surface area contributed by atoms with Crippen molar-refractivity contribution in [3.05, 3.63) is 48.0 Å². The second kappa shape index (κ2) is 8.78. The molecule has 0 bridgehead atoms. The lowest BCUT2D eigenvalue weighted by Crippen LogP contribution is -2.24. The molecule has 1 unspecified atom stereocenters. The Morgan fingerprint density at radius 1 is 1.07 bits per heavy atom. The highest BCUT2D eigenvalue weighted by Crippen LogP contribution is 2.38. The molecule has 158 valence electrons. The van der Waals surface area contributed by atoms with Crippen molar-refractivity contribution in [2.45, 2.75) is 51.0 Å². The molecule has 2 aromatic carbocycles. The van der Waals surface area contributed by atoms with Crippen molar-refractivity contribution in [1.82, 2.24) is 0 Å². The van der Waals surface area contributed by atoms with Gasteiger partial charge < -0.3 is 19.7 Å². The van der Waals surface area contributed by atoms with Gasteiger partial charge in [-0.3, -0.25) is 9.59 Å². The smallest absolute Gasteiger partial charge is 0.227 e. The van der Waals surface area contributed by atoms with Gasteiger partial charge in [-0.15, -0.1) is 0 Å². The molecule has 0 aromatic heterocycles. The number of rotatable bonds is 6. The standard InChI is InChI=1S/C24H28N2O4/c1-16(27)25-19-8-10-20(11-9-19)26-15-18(14-24(26)28)17-7-12-22(29-2)23(13-17)30-21-5-3-4-6-21/h7-13,18,21H,3-6,14-15H2,1-2H3,(H,25,27). The van der Waals surface area contributed by atoms with E-state index in [-0.39, 0.29) is 23.8 Å². The van der Waals surface area contributed by atoms with E-state index in [9.17, 15) is 9.59 Å². The van der Waals surface area contributed by atoms with E-state index in [0.29, 0.717) is 13.0 Å². The summed E-state index contributed by atoms with van der Waals surface area (Å²) in [6.07, 6.45) is 5.29. The van der Waals surface area contributed by atoms with E-state index in [1.54, 1.807) is 7.11 Å². The van der Waals surface area contributed by atoms with Gasteiger partial charge in [0.25, 0.3) is 0 Å². The molecule has 2 amide bonds. The van der Waals surface area contributed by atoms with Gasteiger partial charge >= 0.3 is 0 Å². The highest BCUT2D eigenvalue weighted by molar-refractivity contribution is 5.97. The SMILES string of the molecule is COc1ccc(C2CC(=O)N(c3ccc(NC(C)=O)cc3)C2)cc1OC1CCCC1. The Morgan fingerprint density at radius 2 is 1.80 bits per heavy atom. The Balaban J connectivity index is 1.49. The third-order valence-corrected chi connectivity index (χ3v) is 5.88. The Kier molecular flexibility index (Phi) is 5.93. The van der Waals surface area contributed by atoms with Crippen LogP contribution in [0, 0.1) is 0 Å². The quantitative estimate of drug-likeness (QED) is 0.764. The molecule has 4 rings (SSSR count). The molecular weight excluding hydrogens is 380 g/mol. The topological polar surface area (TPSA) is 67.9 Å². The number of benzene rings is 2. The van der Waals surface area contributed by atoms with Gasteiger partial charge in [0.2, 0.25) is 11.8 Å². The van der Waals surface area contributed by atoms with Gasteiger partial charge in [0.1, 0.15) is 0 Å². The van der Waals surface area contributed by atoms with Crippen LogP contribution in [0.5, 0.6) is 11.5 Å². The number of nitrogens with one attached hydrogen (secondary N) is 1. The molecular formula is C24H28N2O4. The first-order chi connectivity index (χ1) is 14.5. The van der Waals surface area contributed by atoms with Crippen LogP contribution in [0.15, 0.2) is 42.5 Å². The Labute approximate surface area is 177 Å². The number of carbonyl (C=O) groups is 2. The van der Waals surface area contributed by atoms with Crippen LogP contribution in [0.3, 0.4) is 0 Å².